The molecule has 0 aromatic heterocycles. The van der Waals surface area contributed by atoms with Gasteiger partial charge in [-0.1, -0.05) is 84.4 Å². The van der Waals surface area contributed by atoms with Crippen molar-refractivity contribution in [1.82, 2.24) is 0 Å². The van der Waals surface area contributed by atoms with E-state index in [1.807, 2.05) is 0 Å². The summed E-state index contributed by atoms with van der Waals surface area (Å²) in [5.74, 6) is 0. The summed E-state index contributed by atoms with van der Waals surface area (Å²) in [6.07, 6.45) is 0.908. The molecule has 0 atom stereocenters. The molecule has 0 fully saturated rings. The predicted molar refractivity (Wildman–Crippen MR) is 125 cm³/mol. The van der Waals surface area contributed by atoms with Crippen molar-refractivity contribution in [3.63, 3.8) is 0 Å². The zero-order chi connectivity index (χ0) is 19.4. The minimum Gasteiger partial charge on any atom is -0.0836 e. The van der Waals surface area contributed by atoms with Crippen molar-refractivity contribution < 1.29 is 0 Å². The topological polar surface area (TPSA) is 0 Å². The largest absolute Gasteiger partial charge is 0.116 e. The molecule has 0 aliphatic carbocycles. The molecule has 28 heavy (non-hydrogen) atoms. The predicted octanol–water partition coefficient (Wildman–Crippen LogP) is 6.14. The van der Waals surface area contributed by atoms with Gasteiger partial charge < -0.3 is 0 Å². The standard InChI is InChI=1S/C26H23ClP/c1-21-12-11-13-22(26(21)27)20-28(23-14-5-2-6-15-23,24-16-7-3-8-17-24)25-18-9-4-10-19-25/h2-19H,20H2,1H3/q+1. The van der Waals surface area contributed by atoms with Gasteiger partial charge in [0.25, 0.3) is 0 Å². The van der Waals surface area contributed by atoms with Gasteiger partial charge in [-0.05, 0) is 48.9 Å². The zero-order valence-corrected chi connectivity index (χ0v) is 17.6. The first kappa shape index (κ1) is 18.9. The molecule has 0 N–H and O–H groups in total. The Morgan fingerprint density at radius 2 is 1.00 bits per heavy atom. The third-order valence-electron chi connectivity index (χ3n) is 5.27. The summed E-state index contributed by atoms with van der Waals surface area (Å²) in [5, 5.41) is 5.02. The average molecular weight is 402 g/mol. The minimum atomic E-state index is -1.91. The highest BCUT2D eigenvalue weighted by molar-refractivity contribution is 7.95. The number of halogens is 1. The van der Waals surface area contributed by atoms with Gasteiger partial charge in [-0.3, -0.25) is 0 Å². The van der Waals surface area contributed by atoms with E-state index in [1.54, 1.807) is 0 Å². The van der Waals surface area contributed by atoms with Crippen LogP contribution in [0, 0.1) is 6.92 Å². The molecule has 2 heteroatoms. The van der Waals surface area contributed by atoms with Crippen LogP contribution in [0.15, 0.2) is 109 Å². The van der Waals surface area contributed by atoms with Gasteiger partial charge in [0.05, 0.1) is 11.2 Å². The lowest BCUT2D eigenvalue weighted by Gasteiger charge is -2.28. The van der Waals surface area contributed by atoms with E-state index in [2.05, 4.69) is 116 Å². The van der Waals surface area contributed by atoms with Gasteiger partial charge in [-0.25, -0.2) is 0 Å². The highest BCUT2D eigenvalue weighted by Gasteiger charge is 2.45. The second kappa shape index (κ2) is 8.31. The monoisotopic (exact) mass is 401 g/mol. The van der Waals surface area contributed by atoms with Crippen LogP contribution < -0.4 is 15.9 Å². The molecule has 4 rings (SSSR count). The van der Waals surface area contributed by atoms with E-state index in [-0.39, 0.29) is 0 Å². The van der Waals surface area contributed by atoms with Crippen molar-refractivity contribution in [2.24, 2.45) is 0 Å². The van der Waals surface area contributed by atoms with Crippen LogP contribution in [0.1, 0.15) is 11.1 Å². The molecule has 0 radical (unpaired) electrons. The molecule has 0 bridgehead atoms. The van der Waals surface area contributed by atoms with Crippen molar-refractivity contribution in [2.75, 3.05) is 0 Å². The fourth-order valence-corrected chi connectivity index (χ4v) is 8.40. The number of hydrogen-bond donors (Lipinski definition) is 0. The Kier molecular flexibility index (Phi) is 5.62. The molecule has 0 unspecified atom stereocenters. The van der Waals surface area contributed by atoms with Gasteiger partial charge in [0, 0.05) is 5.56 Å². The Hall–Kier alpha value is -2.40. The van der Waals surface area contributed by atoms with Crippen molar-refractivity contribution in [3.8, 4) is 0 Å². The first-order chi connectivity index (χ1) is 13.7. The van der Waals surface area contributed by atoms with E-state index in [0.717, 1.165) is 16.7 Å². The van der Waals surface area contributed by atoms with Crippen LogP contribution in [-0.2, 0) is 6.16 Å². The lowest BCUT2D eigenvalue weighted by Crippen LogP contribution is -2.32. The molecular weight excluding hydrogens is 379 g/mol. The van der Waals surface area contributed by atoms with Crippen LogP contribution in [0.5, 0.6) is 0 Å². The normalized spacial score (nSPS) is 11.4. The van der Waals surface area contributed by atoms with Crippen molar-refractivity contribution in [1.29, 1.82) is 0 Å². The minimum absolute atomic E-state index is 0.884. The highest BCUT2D eigenvalue weighted by Crippen LogP contribution is 2.58. The van der Waals surface area contributed by atoms with Gasteiger partial charge in [0.15, 0.2) is 0 Å². The third kappa shape index (κ3) is 3.51. The summed E-state index contributed by atoms with van der Waals surface area (Å²) >= 11 is 6.78. The number of rotatable bonds is 5. The molecule has 0 heterocycles. The molecule has 0 saturated carbocycles. The van der Waals surface area contributed by atoms with Gasteiger partial charge in [0.2, 0.25) is 0 Å². The Morgan fingerprint density at radius 1 is 0.571 bits per heavy atom. The Balaban J connectivity index is 2.02. The van der Waals surface area contributed by atoms with Crippen LogP contribution >= 0.6 is 18.9 Å². The quantitative estimate of drug-likeness (QED) is 0.352. The Labute approximate surface area is 173 Å². The first-order valence-electron chi connectivity index (χ1n) is 9.51. The molecule has 0 amide bonds. The molecule has 4 aromatic rings. The summed E-state index contributed by atoms with van der Waals surface area (Å²) in [4.78, 5) is 0. The van der Waals surface area contributed by atoms with Crippen LogP contribution in [0.3, 0.4) is 0 Å². The van der Waals surface area contributed by atoms with Gasteiger partial charge >= 0.3 is 0 Å². The van der Waals surface area contributed by atoms with Crippen molar-refractivity contribution in [3.05, 3.63) is 125 Å². The van der Waals surface area contributed by atoms with Crippen LogP contribution in [0.2, 0.25) is 5.02 Å². The average Bonchev–Trinajstić information content (AvgIpc) is 2.77. The van der Waals surface area contributed by atoms with Crippen LogP contribution in [0.25, 0.3) is 0 Å². The fraction of sp³-hybridized carbons (Fsp3) is 0.0769. The SMILES string of the molecule is Cc1cccc(C[P+](c2ccccc2)(c2ccccc2)c2ccccc2)c1Cl. The molecule has 0 aliphatic rings. The summed E-state index contributed by atoms with van der Waals surface area (Å²) in [6, 6.07) is 39.2. The molecule has 138 valence electrons. The maximum Gasteiger partial charge on any atom is 0.116 e. The number of hydrogen-bond acceptors (Lipinski definition) is 0. The van der Waals surface area contributed by atoms with Crippen molar-refractivity contribution in [2.45, 2.75) is 13.1 Å². The lowest BCUT2D eigenvalue weighted by molar-refractivity contribution is 1.34. The first-order valence-corrected chi connectivity index (χ1v) is 11.9. The summed E-state index contributed by atoms with van der Waals surface area (Å²) in [6.45, 7) is 2.08. The number of benzene rings is 4. The van der Waals surface area contributed by atoms with Gasteiger partial charge in [-0.2, -0.15) is 0 Å². The van der Waals surface area contributed by atoms with Gasteiger partial charge in [0.1, 0.15) is 23.2 Å². The van der Waals surface area contributed by atoms with Crippen LogP contribution in [-0.4, -0.2) is 0 Å². The second-order valence-corrected chi connectivity index (χ2v) is 10.9. The smallest absolute Gasteiger partial charge is 0.0836 e. The summed E-state index contributed by atoms with van der Waals surface area (Å²) in [5.41, 5.74) is 2.35. The second-order valence-electron chi connectivity index (χ2n) is 7.02. The third-order valence-corrected chi connectivity index (χ3v) is 10.2. The van der Waals surface area contributed by atoms with E-state index in [1.165, 1.54) is 21.5 Å². The van der Waals surface area contributed by atoms with E-state index < -0.39 is 7.26 Å². The van der Waals surface area contributed by atoms with E-state index in [9.17, 15) is 0 Å². The molecular formula is C26H23ClP+. The van der Waals surface area contributed by atoms with E-state index in [4.69, 9.17) is 11.6 Å². The Bertz CT molecular complexity index is 947. The van der Waals surface area contributed by atoms with Crippen molar-refractivity contribution >= 4 is 34.8 Å². The van der Waals surface area contributed by atoms with Crippen LogP contribution in [0.4, 0.5) is 0 Å². The molecule has 0 nitrogen and oxygen atoms in total. The maximum atomic E-state index is 6.78. The zero-order valence-electron chi connectivity index (χ0n) is 15.9. The molecule has 0 aliphatic heterocycles. The van der Waals surface area contributed by atoms with E-state index >= 15 is 0 Å². The molecule has 0 saturated heterocycles. The number of aryl methyl sites for hydroxylation is 1. The summed E-state index contributed by atoms with van der Waals surface area (Å²) < 4.78 is 0. The molecule has 4 aromatic carbocycles. The molecule has 0 spiro atoms. The maximum absolute atomic E-state index is 6.78. The fourth-order valence-electron chi connectivity index (χ4n) is 3.85. The highest BCUT2D eigenvalue weighted by atomic mass is 35.5. The Morgan fingerprint density at radius 3 is 1.43 bits per heavy atom. The summed E-state index contributed by atoms with van der Waals surface area (Å²) in [7, 11) is -1.91. The van der Waals surface area contributed by atoms with Gasteiger partial charge in [-0.15, -0.1) is 0 Å². The lowest BCUT2D eigenvalue weighted by atomic mass is 10.2. The van der Waals surface area contributed by atoms with E-state index in [0.29, 0.717) is 0 Å².